The lowest BCUT2D eigenvalue weighted by Gasteiger charge is -2.20. The molecule has 7 heteroatoms. The van der Waals surface area contributed by atoms with E-state index in [1.807, 2.05) is 36.4 Å². The molecule has 0 radical (unpaired) electrons. The lowest BCUT2D eigenvalue weighted by Crippen LogP contribution is -2.20. The minimum absolute atomic E-state index is 0. The number of rotatable bonds is 7. The Morgan fingerprint density at radius 3 is 2.55 bits per heavy atom. The van der Waals surface area contributed by atoms with Crippen LogP contribution < -0.4 is 15.0 Å². The predicted octanol–water partition coefficient (Wildman–Crippen LogP) is 4.68. The second kappa shape index (κ2) is 11.1. The first kappa shape index (κ1) is 24.6. The summed E-state index contributed by atoms with van der Waals surface area (Å²) in [6.45, 7) is 2.33. The molecule has 0 amide bonds. The first-order chi connectivity index (χ1) is 14.2. The van der Waals surface area contributed by atoms with Gasteiger partial charge in [-0.05, 0) is 11.6 Å². The van der Waals surface area contributed by atoms with Crippen LogP contribution in [0.25, 0.3) is 11.1 Å². The number of aliphatic hydroxyl groups is 1. The molecule has 31 heavy (non-hydrogen) atoms. The zero-order valence-electron chi connectivity index (χ0n) is 16.2. The van der Waals surface area contributed by atoms with Crippen molar-refractivity contribution >= 4 is 17.3 Å². The van der Waals surface area contributed by atoms with Gasteiger partial charge in [-0.15, -0.1) is 0 Å². The minimum Gasteiger partial charge on any atom is -0.481 e. The molecule has 0 fully saturated rings. The van der Waals surface area contributed by atoms with E-state index in [0.717, 1.165) is 33.1 Å². The third kappa shape index (κ3) is 5.15. The molecular weight excluding hydrogens is 412 g/mol. The van der Waals surface area contributed by atoms with Gasteiger partial charge in [-0.2, -0.15) is 4.98 Å². The second-order valence-electron chi connectivity index (χ2n) is 6.84. The number of halogens is 1. The molecular formula is C24H31ClN4O2. The van der Waals surface area contributed by atoms with Crippen molar-refractivity contribution in [1.29, 1.82) is 0 Å². The van der Waals surface area contributed by atoms with Crippen molar-refractivity contribution < 1.29 is 9.84 Å². The van der Waals surface area contributed by atoms with Crippen molar-refractivity contribution in [2.24, 2.45) is 0 Å². The van der Waals surface area contributed by atoms with Gasteiger partial charge in [0.05, 0.1) is 55.3 Å². The highest BCUT2D eigenvalue weighted by atomic mass is 35.5. The van der Waals surface area contributed by atoms with E-state index < -0.39 is 0 Å². The van der Waals surface area contributed by atoms with Gasteiger partial charge in [0.1, 0.15) is 5.82 Å². The number of nitrogens with one attached hydrogen (secondary N) is 1. The number of nitrogens with zero attached hydrogens (tertiary/aromatic N) is 3. The lowest BCUT2D eigenvalue weighted by molar-refractivity contribution is 0.291. The van der Waals surface area contributed by atoms with E-state index in [4.69, 9.17) is 26.4 Å². The fraction of sp³-hybridized carbons (Fsp3) is 0.333. The monoisotopic (exact) mass is 442 g/mol. The Morgan fingerprint density at radius 1 is 1.06 bits per heavy atom. The highest BCUT2D eigenvalue weighted by Gasteiger charge is 2.27. The molecule has 0 saturated heterocycles. The summed E-state index contributed by atoms with van der Waals surface area (Å²) in [6.07, 6.45) is 0. The van der Waals surface area contributed by atoms with Crippen LogP contribution in [-0.2, 0) is 19.6 Å². The maximum absolute atomic E-state index is 8.94. The lowest BCUT2D eigenvalue weighted by atomic mass is 10.0. The number of aliphatic hydroxyl groups excluding tert-OH is 1. The normalized spacial score (nSPS) is 12.0. The fourth-order valence-electron chi connectivity index (χ4n) is 3.58. The summed E-state index contributed by atoms with van der Waals surface area (Å²) in [5.74, 6) is 1.24. The van der Waals surface area contributed by atoms with Crippen LogP contribution in [0.4, 0.5) is 5.69 Å². The standard InChI is InChI=1S/C22H23ClN4O2.2CH4/c1-29-22-17-13-27(14-18(17)25-20(26-22)12-24-10-11-28)19-9-5-8-16(21(19)23)15-6-3-2-4-7-15;;/h2-9,24,28H,10-14H2,1H3;2*1H4. The summed E-state index contributed by atoms with van der Waals surface area (Å²) in [5, 5.41) is 12.8. The first-order valence-electron chi connectivity index (χ1n) is 9.54. The molecule has 0 atom stereocenters. The SMILES string of the molecule is C.C.COc1nc(CNCCO)nc2c1CN(c1cccc(-c3ccccc3)c1Cl)C2. The molecule has 0 bridgehead atoms. The fourth-order valence-corrected chi connectivity index (χ4v) is 3.93. The highest BCUT2D eigenvalue weighted by Crippen LogP contribution is 2.40. The Bertz CT molecular complexity index is 998. The summed E-state index contributed by atoms with van der Waals surface area (Å²) in [5.41, 5.74) is 4.99. The van der Waals surface area contributed by atoms with Gasteiger partial charge < -0.3 is 20.1 Å². The van der Waals surface area contributed by atoms with Crippen molar-refractivity contribution in [2.45, 2.75) is 34.5 Å². The van der Waals surface area contributed by atoms with E-state index in [-0.39, 0.29) is 21.5 Å². The largest absolute Gasteiger partial charge is 0.481 e. The maximum atomic E-state index is 8.94. The average molecular weight is 443 g/mol. The molecule has 166 valence electrons. The van der Waals surface area contributed by atoms with Crippen molar-refractivity contribution in [2.75, 3.05) is 25.2 Å². The molecule has 4 rings (SSSR count). The molecule has 1 aromatic heterocycles. The number of anilines is 1. The minimum atomic E-state index is 0. The third-order valence-corrected chi connectivity index (χ3v) is 5.36. The zero-order valence-corrected chi connectivity index (χ0v) is 17.0. The second-order valence-corrected chi connectivity index (χ2v) is 7.21. The van der Waals surface area contributed by atoms with E-state index in [0.29, 0.717) is 37.9 Å². The molecule has 6 nitrogen and oxygen atoms in total. The number of aromatic nitrogens is 2. The van der Waals surface area contributed by atoms with Gasteiger partial charge >= 0.3 is 0 Å². The molecule has 0 aliphatic carbocycles. The molecule has 0 saturated carbocycles. The van der Waals surface area contributed by atoms with Crippen molar-refractivity contribution in [3.05, 3.63) is 70.6 Å². The number of fused-ring (bicyclic) bond motifs is 1. The molecule has 2 N–H and O–H groups in total. The molecule has 2 aromatic carbocycles. The first-order valence-corrected chi connectivity index (χ1v) is 9.92. The van der Waals surface area contributed by atoms with Crippen molar-refractivity contribution in [3.63, 3.8) is 0 Å². The van der Waals surface area contributed by atoms with Gasteiger partial charge in [-0.3, -0.25) is 0 Å². The Kier molecular flexibility index (Phi) is 8.80. The summed E-state index contributed by atoms with van der Waals surface area (Å²) >= 11 is 6.81. The van der Waals surface area contributed by atoms with E-state index in [9.17, 15) is 0 Å². The van der Waals surface area contributed by atoms with Crippen LogP contribution in [0.3, 0.4) is 0 Å². The Balaban J connectivity index is 0.00000171. The third-order valence-electron chi connectivity index (χ3n) is 4.96. The molecule has 1 aliphatic rings. The molecule has 0 unspecified atom stereocenters. The van der Waals surface area contributed by atoms with Crippen LogP contribution in [0, 0.1) is 0 Å². The summed E-state index contributed by atoms with van der Waals surface area (Å²) in [4.78, 5) is 11.4. The highest BCUT2D eigenvalue weighted by molar-refractivity contribution is 6.36. The van der Waals surface area contributed by atoms with Gasteiger partial charge in [0.25, 0.3) is 0 Å². The van der Waals surface area contributed by atoms with Crippen LogP contribution in [0.15, 0.2) is 48.5 Å². The number of hydrogen-bond acceptors (Lipinski definition) is 6. The van der Waals surface area contributed by atoms with Crippen molar-refractivity contribution in [1.82, 2.24) is 15.3 Å². The van der Waals surface area contributed by atoms with Crippen LogP contribution in [0.5, 0.6) is 5.88 Å². The van der Waals surface area contributed by atoms with E-state index in [2.05, 4.69) is 27.3 Å². The number of benzene rings is 2. The summed E-state index contributed by atoms with van der Waals surface area (Å²) < 4.78 is 5.52. The average Bonchev–Trinajstić information content (AvgIpc) is 3.18. The van der Waals surface area contributed by atoms with Crippen LogP contribution >= 0.6 is 11.6 Å². The van der Waals surface area contributed by atoms with Gasteiger partial charge in [0, 0.05) is 12.1 Å². The number of ether oxygens (including phenoxy) is 1. The number of hydrogen-bond donors (Lipinski definition) is 2. The van der Waals surface area contributed by atoms with Gasteiger partial charge in [-0.1, -0.05) is 68.9 Å². The summed E-state index contributed by atoms with van der Waals surface area (Å²) in [7, 11) is 1.62. The van der Waals surface area contributed by atoms with Crippen LogP contribution in [-0.4, -0.2) is 35.3 Å². The van der Waals surface area contributed by atoms with Gasteiger partial charge in [0.15, 0.2) is 0 Å². The Morgan fingerprint density at radius 2 is 1.84 bits per heavy atom. The van der Waals surface area contributed by atoms with Gasteiger partial charge in [-0.25, -0.2) is 4.98 Å². The smallest absolute Gasteiger partial charge is 0.221 e. The molecule has 3 aromatic rings. The predicted molar refractivity (Wildman–Crippen MR) is 128 cm³/mol. The Hall–Kier alpha value is -2.67. The van der Waals surface area contributed by atoms with Gasteiger partial charge in [0.2, 0.25) is 5.88 Å². The molecule has 0 spiro atoms. The van der Waals surface area contributed by atoms with Crippen molar-refractivity contribution in [3.8, 4) is 17.0 Å². The number of methoxy groups -OCH3 is 1. The van der Waals surface area contributed by atoms with E-state index in [1.54, 1.807) is 7.11 Å². The van der Waals surface area contributed by atoms with Crippen LogP contribution in [0.2, 0.25) is 5.02 Å². The molecule has 1 aliphatic heterocycles. The zero-order chi connectivity index (χ0) is 20.2. The van der Waals surface area contributed by atoms with E-state index >= 15 is 0 Å². The summed E-state index contributed by atoms with van der Waals surface area (Å²) in [6, 6.07) is 16.2. The maximum Gasteiger partial charge on any atom is 0.221 e. The Labute approximate surface area is 189 Å². The van der Waals surface area contributed by atoms with Crippen LogP contribution in [0.1, 0.15) is 31.9 Å². The topological polar surface area (TPSA) is 70.5 Å². The molecule has 2 heterocycles. The quantitative estimate of drug-likeness (QED) is 0.518. The van der Waals surface area contributed by atoms with E-state index in [1.165, 1.54) is 0 Å².